The van der Waals surface area contributed by atoms with E-state index in [2.05, 4.69) is 4.74 Å². The summed E-state index contributed by atoms with van der Waals surface area (Å²) in [5, 5.41) is 9.61. The summed E-state index contributed by atoms with van der Waals surface area (Å²) >= 11 is 0. The minimum Gasteiger partial charge on any atom is -0.465 e. The van der Waals surface area contributed by atoms with Crippen molar-refractivity contribution in [3.8, 4) is 0 Å². The van der Waals surface area contributed by atoms with Gasteiger partial charge in [-0.15, -0.1) is 0 Å². The predicted molar refractivity (Wildman–Crippen MR) is 54.7 cm³/mol. The van der Waals surface area contributed by atoms with Crippen LogP contribution in [0, 0.1) is 0 Å². The van der Waals surface area contributed by atoms with Crippen molar-refractivity contribution in [2.75, 3.05) is 7.11 Å². The predicted octanol–water partition coefficient (Wildman–Crippen LogP) is 0.972. The minimum atomic E-state index is -0.315. The molecule has 0 saturated carbocycles. The Hall–Kier alpha value is -1.29. The number of esters is 1. The molecule has 0 aromatic carbocycles. The number of aliphatic hydroxyl groups is 1. The summed E-state index contributed by atoms with van der Waals surface area (Å²) in [7, 11) is 1.38. The molecular weight excluding hydrogens is 194 g/mol. The standard InChI is InChI=1S/C11H15NO3/c1-15-11(14)8-5-9-6-10(13)3-2-4-12(9)7-8/h5,7,10,13H,2-4,6H2,1H3. The van der Waals surface area contributed by atoms with E-state index in [1.807, 2.05) is 4.57 Å². The van der Waals surface area contributed by atoms with Crippen molar-refractivity contribution in [2.45, 2.75) is 31.9 Å². The first kappa shape index (κ1) is 10.2. The molecule has 0 radical (unpaired) electrons. The SMILES string of the molecule is COC(=O)c1cc2n(c1)CCCC(O)C2. The average molecular weight is 209 g/mol. The monoisotopic (exact) mass is 209 g/mol. The van der Waals surface area contributed by atoms with Crippen LogP contribution in [-0.2, 0) is 17.7 Å². The molecule has 1 aliphatic rings. The van der Waals surface area contributed by atoms with Crippen LogP contribution in [0.25, 0.3) is 0 Å². The molecule has 1 aromatic rings. The fourth-order valence-corrected chi connectivity index (χ4v) is 2.01. The number of methoxy groups -OCH3 is 1. The number of aliphatic hydroxyl groups excluding tert-OH is 1. The number of carbonyl (C=O) groups excluding carboxylic acids is 1. The Labute approximate surface area is 88.5 Å². The summed E-state index contributed by atoms with van der Waals surface area (Å²) in [5.41, 5.74) is 1.59. The maximum Gasteiger partial charge on any atom is 0.339 e. The second-order valence-corrected chi connectivity index (χ2v) is 3.91. The molecule has 0 saturated heterocycles. The number of carbonyl (C=O) groups is 1. The first-order chi connectivity index (χ1) is 7.20. The van der Waals surface area contributed by atoms with Crippen molar-refractivity contribution in [3.63, 3.8) is 0 Å². The van der Waals surface area contributed by atoms with Gasteiger partial charge in [-0.05, 0) is 18.9 Å². The Kier molecular flexibility index (Phi) is 2.77. The summed E-state index contributed by atoms with van der Waals surface area (Å²) in [6.07, 6.45) is 3.92. The Bertz CT molecular complexity index is 370. The number of hydrogen-bond donors (Lipinski definition) is 1. The zero-order valence-corrected chi connectivity index (χ0v) is 8.77. The summed E-state index contributed by atoms with van der Waals surface area (Å²) < 4.78 is 6.69. The summed E-state index contributed by atoms with van der Waals surface area (Å²) in [5.74, 6) is -0.315. The smallest absolute Gasteiger partial charge is 0.339 e. The zero-order valence-electron chi connectivity index (χ0n) is 8.77. The van der Waals surface area contributed by atoms with Crippen LogP contribution in [0.3, 0.4) is 0 Å². The summed E-state index contributed by atoms with van der Waals surface area (Å²) in [4.78, 5) is 11.3. The van der Waals surface area contributed by atoms with Crippen molar-refractivity contribution in [3.05, 3.63) is 23.5 Å². The number of ether oxygens (including phenoxy) is 1. The van der Waals surface area contributed by atoms with Gasteiger partial charge in [0.05, 0.1) is 18.8 Å². The molecule has 2 rings (SSSR count). The van der Waals surface area contributed by atoms with E-state index in [-0.39, 0.29) is 12.1 Å². The van der Waals surface area contributed by atoms with Gasteiger partial charge in [-0.3, -0.25) is 0 Å². The molecule has 82 valence electrons. The highest BCUT2D eigenvalue weighted by atomic mass is 16.5. The Morgan fingerprint density at radius 3 is 3.20 bits per heavy atom. The van der Waals surface area contributed by atoms with Gasteiger partial charge in [0.15, 0.2) is 0 Å². The molecule has 4 heteroatoms. The van der Waals surface area contributed by atoms with Crippen LogP contribution in [-0.4, -0.2) is 28.9 Å². The van der Waals surface area contributed by atoms with E-state index in [0.717, 1.165) is 25.1 Å². The van der Waals surface area contributed by atoms with Crippen LogP contribution < -0.4 is 0 Å². The van der Waals surface area contributed by atoms with E-state index in [0.29, 0.717) is 12.0 Å². The van der Waals surface area contributed by atoms with E-state index < -0.39 is 0 Å². The van der Waals surface area contributed by atoms with Gasteiger partial charge in [0.1, 0.15) is 0 Å². The van der Waals surface area contributed by atoms with Crippen LogP contribution in [0.2, 0.25) is 0 Å². The van der Waals surface area contributed by atoms with Crippen LogP contribution in [0.15, 0.2) is 12.3 Å². The van der Waals surface area contributed by atoms with E-state index in [4.69, 9.17) is 0 Å². The average Bonchev–Trinajstić information content (AvgIpc) is 2.53. The van der Waals surface area contributed by atoms with Gasteiger partial charge in [0.25, 0.3) is 0 Å². The maximum atomic E-state index is 11.3. The van der Waals surface area contributed by atoms with Crippen molar-refractivity contribution in [1.29, 1.82) is 0 Å². The lowest BCUT2D eigenvalue weighted by atomic mass is 10.1. The van der Waals surface area contributed by atoms with E-state index in [1.54, 1.807) is 12.3 Å². The first-order valence-electron chi connectivity index (χ1n) is 5.16. The van der Waals surface area contributed by atoms with Gasteiger partial charge in [0.2, 0.25) is 0 Å². The molecule has 4 nitrogen and oxygen atoms in total. The third-order valence-corrected chi connectivity index (χ3v) is 2.79. The molecule has 1 aromatic heterocycles. The molecule has 1 N–H and O–H groups in total. The fraction of sp³-hybridized carbons (Fsp3) is 0.545. The van der Waals surface area contributed by atoms with Crippen molar-refractivity contribution < 1.29 is 14.6 Å². The number of aromatic nitrogens is 1. The third-order valence-electron chi connectivity index (χ3n) is 2.79. The first-order valence-corrected chi connectivity index (χ1v) is 5.16. The van der Waals surface area contributed by atoms with Crippen LogP contribution in [0.1, 0.15) is 28.9 Å². The van der Waals surface area contributed by atoms with E-state index >= 15 is 0 Å². The lowest BCUT2D eigenvalue weighted by Gasteiger charge is -2.04. The van der Waals surface area contributed by atoms with Gasteiger partial charge >= 0.3 is 5.97 Å². The maximum absolute atomic E-state index is 11.3. The summed E-state index contributed by atoms with van der Waals surface area (Å²) in [6, 6.07) is 1.81. The molecule has 0 fully saturated rings. The van der Waals surface area contributed by atoms with Crippen molar-refractivity contribution in [1.82, 2.24) is 4.57 Å². The van der Waals surface area contributed by atoms with Crippen molar-refractivity contribution >= 4 is 5.97 Å². The second kappa shape index (κ2) is 4.06. The van der Waals surface area contributed by atoms with Gasteiger partial charge in [0, 0.05) is 24.9 Å². The molecule has 0 bridgehead atoms. The van der Waals surface area contributed by atoms with Gasteiger partial charge in [-0.1, -0.05) is 0 Å². The highest BCUT2D eigenvalue weighted by molar-refractivity contribution is 5.89. The van der Waals surface area contributed by atoms with Gasteiger partial charge in [-0.25, -0.2) is 4.79 Å². The lowest BCUT2D eigenvalue weighted by Crippen LogP contribution is -2.08. The molecule has 1 atom stereocenters. The second-order valence-electron chi connectivity index (χ2n) is 3.91. The van der Waals surface area contributed by atoms with Crippen LogP contribution >= 0.6 is 0 Å². The zero-order chi connectivity index (χ0) is 10.8. The van der Waals surface area contributed by atoms with E-state index in [9.17, 15) is 9.90 Å². The Balaban J connectivity index is 2.27. The molecule has 0 aliphatic carbocycles. The Morgan fingerprint density at radius 2 is 2.47 bits per heavy atom. The topological polar surface area (TPSA) is 51.5 Å². The van der Waals surface area contributed by atoms with E-state index in [1.165, 1.54) is 7.11 Å². The number of fused-ring (bicyclic) bond motifs is 1. The van der Waals surface area contributed by atoms with Crippen molar-refractivity contribution in [2.24, 2.45) is 0 Å². The minimum absolute atomic E-state index is 0.286. The van der Waals surface area contributed by atoms with Crippen LogP contribution in [0.5, 0.6) is 0 Å². The molecule has 0 spiro atoms. The molecule has 2 heterocycles. The van der Waals surface area contributed by atoms with Gasteiger partial charge in [-0.2, -0.15) is 0 Å². The van der Waals surface area contributed by atoms with Gasteiger partial charge < -0.3 is 14.4 Å². The third kappa shape index (κ3) is 2.04. The molecule has 1 aliphatic heterocycles. The lowest BCUT2D eigenvalue weighted by molar-refractivity contribution is 0.0600. The molecule has 15 heavy (non-hydrogen) atoms. The highest BCUT2D eigenvalue weighted by Gasteiger charge is 2.17. The quantitative estimate of drug-likeness (QED) is 0.701. The fourth-order valence-electron chi connectivity index (χ4n) is 2.01. The number of rotatable bonds is 1. The Morgan fingerprint density at radius 1 is 1.67 bits per heavy atom. The van der Waals surface area contributed by atoms with Crippen LogP contribution in [0.4, 0.5) is 0 Å². The number of nitrogens with zero attached hydrogens (tertiary/aromatic N) is 1. The molecular formula is C11H15NO3. The molecule has 0 amide bonds. The number of aryl methyl sites for hydroxylation is 1. The largest absolute Gasteiger partial charge is 0.465 e. The summed E-state index contributed by atoms with van der Waals surface area (Å²) in [6.45, 7) is 0.864. The highest BCUT2D eigenvalue weighted by Crippen LogP contribution is 2.18. The normalized spacial score (nSPS) is 20.5. The molecule has 1 unspecified atom stereocenters. The number of hydrogen-bond acceptors (Lipinski definition) is 3.